The number of unbranched alkanes of at least 4 members (excludes halogenated alkanes) is 1. The fourth-order valence-corrected chi connectivity index (χ4v) is 2.47. The third kappa shape index (κ3) is 10.1. The van der Waals surface area contributed by atoms with Gasteiger partial charge in [0.1, 0.15) is 0 Å². The third-order valence-corrected chi connectivity index (χ3v) is 3.75. The summed E-state index contributed by atoms with van der Waals surface area (Å²) in [4.78, 5) is 0. The lowest BCUT2D eigenvalue weighted by Crippen LogP contribution is -2.02. The Kier molecular flexibility index (Phi) is 10.5. The molecule has 21 heavy (non-hydrogen) atoms. The van der Waals surface area contributed by atoms with Crippen LogP contribution in [0.3, 0.4) is 0 Å². The molecule has 1 fully saturated rings. The van der Waals surface area contributed by atoms with Crippen LogP contribution >= 0.6 is 0 Å². The summed E-state index contributed by atoms with van der Waals surface area (Å²) in [6, 6.07) is 0. The molecule has 0 aromatic rings. The van der Waals surface area contributed by atoms with E-state index >= 15 is 0 Å². The predicted molar refractivity (Wildman–Crippen MR) is 93.2 cm³/mol. The maximum atomic E-state index is 8.66. The fourth-order valence-electron chi connectivity index (χ4n) is 2.47. The first-order valence-electron chi connectivity index (χ1n) is 8.28. The normalized spacial score (nSPS) is 18.9. The Hall–Kier alpha value is -1.34. The third-order valence-electron chi connectivity index (χ3n) is 3.75. The zero-order valence-electron chi connectivity index (χ0n) is 13.4. The maximum absolute atomic E-state index is 8.66. The van der Waals surface area contributed by atoms with Crippen molar-refractivity contribution in [1.29, 1.82) is 0 Å². The summed E-state index contributed by atoms with van der Waals surface area (Å²) in [6.45, 7) is 2.37. The zero-order valence-corrected chi connectivity index (χ0v) is 13.4. The van der Waals surface area contributed by atoms with E-state index < -0.39 is 0 Å². The van der Waals surface area contributed by atoms with E-state index in [1.54, 1.807) is 0 Å². The number of allylic oxidation sites excluding steroid dienone is 10. The van der Waals surface area contributed by atoms with Gasteiger partial charge in [-0.25, -0.2) is 0 Å². The molecular weight excluding hydrogens is 256 g/mol. The van der Waals surface area contributed by atoms with Crippen LogP contribution in [0.25, 0.3) is 0 Å². The Morgan fingerprint density at radius 3 is 2.57 bits per heavy atom. The van der Waals surface area contributed by atoms with Gasteiger partial charge in [-0.2, -0.15) is 0 Å². The Morgan fingerprint density at radius 2 is 1.81 bits per heavy atom. The van der Waals surface area contributed by atoms with Crippen LogP contribution in [0.5, 0.6) is 0 Å². The second-order valence-electron chi connectivity index (χ2n) is 5.73. The van der Waals surface area contributed by atoms with Crippen molar-refractivity contribution in [2.75, 3.05) is 6.61 Å². The molecule has 0 bridgehead atoms. The Morgan fingerprint density at radius 1 is 1.00 bits per heavy atom. The van der Waals surface area contributed by atoms with Gasteiger partial charge < -0.3 is 5.11 Å². The van der Waals surface area contributed by atoms with Crippen molar-refractivity contribution in [3.05, 3.63) is 60.3 Å². The molecule has 0 unspecified atom stereocenters. The molecule has 0 amide bonds. The Labute approximate surface area is 130 Å². The molecule has 0 saturated heterocycles. The molecule has 1 aliphatic carbocycles. The van der Waals surface area contributed by atoms with Gasteiger partial charge in [0, 0.05) is 6.61 Å². The van der Waals surface area contributed by atoms with Gasteiger partial charge in [0.2, 0.25) is 0 Å². The number of aliphatic hydroxyl groups is 1. The molecule has 0 aromatic heterocycles. The smallest absolute Gasteiger partial charge is 0.0433 e. The molecule has 1 N–H and O–H groups in total. The summed E-state index contributed by atoms with van der Waals surface area (Å²) < 4.78 is 0. The van der Waals surface area contributed by atoms with Crippen molar-refractivity contribution in [3.8, 4) is 0 Å². The zero-order chi connectivity index (χ0) is 15.2. The average molecular weight is 286 g/mol. The van der Waals surface area contributed by atoms with Crippen LogP contribution in [0, 0.1) is 5.92 Å². The maximum Gasteiger partial charge on any atom is 0.0433 e. The Bertz CT molecular complexity index is 390. The quantitative estimate of drug-likeness (QED) is 0.461. The lowest BCUT2D eigenvalue weighted by atomic mass is 9.89. The Balaban J connectivity index is 2.23. The van der Waals surface area contributed by atoms with E-state index in [0.29, 0.717) is 0 Å². The summed E-state index contributed by atoms with van der Waals surface area (Å²) in [5.41, 5.74) is 1.24. The van der Waals surface area contributed by atoms with Crippen LogP contribution in [0.1, 0.15) is 51.9 Å². The minimum absolute atomic E-state index is 0.270. The molecule has 0 aliphatic heterocycles. The van der Waals surface area contributed by atoms with Crippen molar-refractivity contribution >= 4 is 0 Å². The van der Waals surface area contributed by atoms with Gasteiger partial charge in [0.05, 0.1) is 0 Å². The van der Waals surface area contributed by atoms with Gasteiger partial charge in [-0.05, 0) is 38.5 Å². The van der Waals surface area contributed by atoms with Crippen LogP contribution < -0.4 is 0 Å². The SMILES string of the molecule is CC(/C=C/C=C/CCCO)=C\C=C\C=C\C1CCCCC1. The van der Waals surface area contributed by atoms with E-state index in [-0.39, 0.29) is 6.61 Å². The lowest BCUT2D eigenvalue weighted by Gasteiger charge is -2.17. The van der Waals surface area contributed by atoms with Gasteiger partial charge in [0.25, 0.3) is 0 Å². The number of aliphatic hydroxyl groups excluding tert-OH is 1. The highest BCUT2D eigenvalue weighted by molar-refractivity contribution is 5.25. The summed E-state index contributed by atoms with van der Waals surface area (Å²) in [6.07, 6.45) is 27.9. The highest BCUT2D eigenvalue weighted by Crippen LogP contribution is 2.24. The second-order valence-corrected chi connectivity index (χ2v) is 5.73. The lowest BCUT2D eigenvalue weighted by molar-refractivity contribution is 0.289. The largest absolute Gasteiger partial charge is 0.396 e. The first-order valence-corrected chi connectivity index (χ1v) is 8.28. The molecule has 0 radical (unpaired) electrons. The minimum Gasteiger partial charge on any atom is -0.396 e. The van der Waals surface area contributed by atoms with Gasteiger partial charge >= 0.3 is 0 Å². The predicted octanol–water partition coefficient (Wildman–Crippen LogP) is 5.51. The minimum atomic E-state index is 0.270. The summed E-state index contributed by atoms with van der Waals surface area (Å²) in [5, 5.41) is 8.66. The van der Waals surface area contributed by atoms with Crippen molar-refractivity contribution in [3.63, 3.8) is 0 Å². The van der Waals surface area contributed by atoms with E-state index in [1.165, 1.54) is 37.7 Å². The van der Waals surface area contributed by atoms with Crippen LogP contribution in [0.15, 0.2) is 60.3 Å². The number of rotatable bonds is 8. The van der Waals surface area contributed by atoms with Crippen LogP contribution in [0.2, 0.25) is 0 Å². The highest BCUT2D eigenvalue weighted by atomic mass is 16.2. The van der Waals surface area contributed by atoms with Crippen molar-refractivity contribution in [2.24, 2.45) is 5.92 Å². The van der Waals surface area contributed by atoms with Gasteiger partial charge in [-0.1, -0.05) is 79.5 Å². The van der Waals surface area contributed by atoms with E-state index in [1.807, 2.05) is 6.08 Å². The molecule has 1 nitrogen and oxygen atoms in total. The first-order chi connectivity index (χ1) is 10.3. The summed E-state index contributed by atoms with van der Waals surface area (Å²) >= 11 is 0. The van der Waals surface area contributed by atoms with E-state index in [4.69, 9.17) is 5.11 Å². The monoisotopic (exact) mass is 286 g/mol. The molecule has 0 aromatic carbocycles. The summed E-state index contributed by atoms with van der Waals surface area (Å²) in [7, 11) is 0. The molecule has 1 heteroatoms. The van der Waals surface area contributed by atoms with Crippen LogP contribution in [0.4, 0.5) is 0 Å². The topological polar surface area (TPSA) is 20.2 Å². The standard InChI is InChI=1S/C20H30O/c1-19(13-7-3-2-4-12-18-21)14-8-5-9-15-20-16-10-6-11-17-20/h2-3,5,7-9,13-15,20-21H,4,6,10-12,16-18H2,1H3/b3-2+,8-5+,13-7+,15-9+,19-14+. The molecule has 0 spiro atoms. The summed E-state index contributed by atoms with van der Waals surface area (Å²) in [5.74, 6) is 0.803. The van der Waals surface area contributed by atoms with Gasteiger partial charge in [0.15, 0.2) is 0 Å². The highest BCUT2D eigenvalue weighted by Gasteiger charge is 2.08. The van der Waals surface area contributed by atoms with Crippen molar-refractivity contribution in [2.45, 2.75) is 51.9 Å². The number of hydrogen-bond acceptors (Lipinski definition) is 1. The molecular formula is C20H30O. The molecule has 0 atom stereocenters. The van der Waals surface area contributed by atoms with Crippen LogP contribution in [-0.2, 0) is 0 Å². The van der Waals surface area contributed by atoms with E-state index in [2.05, 4.69) is 55.5 Å². The fraction of sp³-hybridized carbons (Fsp3) is 0.500. The molecule has 1 rings (SSSR count). The van der Waals surface area contributed by atoms with E-state index in [9.17, 15) is 0 Å². The van der Waals surface area contributed by atoms with Gasteiger partial charge in [-0.15, -0.1) is 0 Å². The molecule has 116 valence electrons. The number of hydrogen-bond donors (Lipinski definition) is 1. The van der Waals surface area contributed by atoms with Crippen molar-refractivity contribution in [1.82, 2.24) is 0 Å². The average Bonchev–Trinajstić information content (AvgIpc) is 2.51. The molecule has 1 aliphatic rings. The van der Waals surface area contributed by atoms with Crippen LogP contribution in [-0.4, -0.2) is 11.7 Å². The van der Waals surface area contributed by atoms with E-state index in [0.717, 1.165) is 18.8 Å². The first kappa shape index (κ1) is 17.7. The van der Waals surface area contributed by atoms with Crippen molar-refractivity contribution < 1.29 is 5.11 Å². The second kappa shape index (κ2) is 12.4. The van der Waals surface area contributed by atoms with Gasteiger partial charge in [-0.3, -0.25) is 0 Å². The molecule has 1 saturated carbocycles. The molecule has 0 heterocycles.